The third-order valence-electron chi connectivity index (χ3n) is 8.00. The number of carbonyl (C=O) groups is 1. The second kappa shape index (κ2) is 33.9. The molecule has 0 spiro atoms. The minimum Gasteiger partial charge on any atom is -0.457 e. The molecule has 1 aliphatic rings. The van der Waals surface area contributed by atoms with Crippen molar-refractivity contribution in [2.24, 2.45) is 0 Å². The van der Waals surface area contributed by atoms with Crippen molar-refractivity contribution in [1.82, 2.24) is 0 Å². The molecule has 52 heavy (non-hydrogen) atoms. The number of carbonyl (C=O) groups excluding carboxylic acids is 1. The summed E-state index contributed by atoms with van der Waals surface area (Å²) in [5, 5.41) is 39.9. The molecule has 0 saturated carbocycles. The fraction of sp³-hybridized carbons (Fsp3) is 0.605. The molecule has 294 valence electrons. The van der Waals surface area contributed by atoms with E-state index in [-0.39, 0.29) is 25.6 Å². The maximum absolute atomic E-state index is 12.7. The van der Waals surface area contributed by atoms with Crippen LogP contribution in [0.15, 0.2) is 97.2 Å². The zero-order valence-corrected chi connectivity index (χ0v) is 31.8. The van der Waals surface area contributed by atoms with Crippen molar-refractivity contribution >= 4 is 5.97 Å². The topological polar surface area (TPSA) is 135 Å². The van der Waals surface area contributed by atoms with Crippen LogP contribution in [0.3, 0.4) is 0 Å². The van der Waals surface area contributed by atoms with E-state index < -0.39 is 43.4 Å². The molecule has 1 rings (SSSR count). The van der Waals surface area contributed by atoms with Crippen molar-refractivity contribution < 1.29 is 44.2 Å². The molecule has 9 nitrogen and oxygen atoms in total. The first-order valence-electron chi connectivity index (χ1n) is 19.3. The number of allylic oxidation sites excluding steroid dienone is 16. The highest BCUT2D eigenvalue weighted by Crippen LogP contribution is 2.22. The lowest BCUT2D eigenvalue weighted by Gasteiger charge is -2.39. The van der Waals surface area contributed by atoms with Crippen LogP contribution in [0.1, 0.15) is 104 Å². The summed E-state index contributed by atoms with van der Waals surface area (Å²) in [6, 6.07) is 0. The molecule has 1 fully saturated rings. The highest BCUT2D eigenvalue weighted by molar-refractivity contribution is 5.69. The molecular formula is C43H68O9. The van der Waals surface area contributed by atoms with Crippen molar-refractivity contribution in [3.63, 3.8) is 0 Å². The third-order valence-corrected chi connectivity index (χ3v) is 8.00. The Morgan fingerprint density at radius 3 is 1.60 bits per heavy atom. The van der Waals surface area contributed by atoms with Crippen LogP contribution < -0.4 is 0 Å². The second-order valence-electron chi connectivity index (χ2n) is 12.6. The van der Waals surface area contributed by atoms with E-state index in [2.05, 4.69) is 111 Å². The Bertz CT molecular complexity index is 1100. The number of ether oxygens (including phenoxy) is 4. The summed E-state index contributed by atoms with van der Waals surface area (Å²) in [7, 11) is 0. The summed E-state index contributed by atoms with van der Waals surface area (Å²) in [5.74, 6) is -0.379. The van der Waals surface area contributed by atoms with Gasteiger partial charge in [0, 0.05) is 13.0 Å². The van der Waals surface area contributed by atoms with E-state index in [1.54, 1.807) is 0 Å². The molecule has 0 amide bonds. The van der Waals surface area contributed by atoms with Gasteiger partial charge >= 0.3 is 5.97 Å². The normalized spacial score (nSPS) is 22.3. The van der Waals surface area contributed by atoms with E-state index in [1.807, 2.05) is 0 Å². The average molecular weight is 729 g/mol. The van der Waals surface area contributed by atoms with E-state index in [1.165, 1.54) is 0 Å². The van der Waals surface area contributed by atoms with E-state index in [0.29, 0.717) is 13.0 Å². The van der Waals surface area contributed by atoms with Gasteiger partial charge in [-0.05, 0) is 83.5 Å². The van der Waals surface area contributed by atoms with Crippen LogP contribution in [-0.2, 0) is 23.7 Å². The molecule has 0 bridgehead atoms. The van der Waals surface area contributed by atoms with Crippen LogP contribution in [0.5, 0.6) is 0 Å². The van der Waals surface area contributed by atoms with Gasteiger partial charge in [0.2, 0.25) is 0 Å². The Balaban J connectivity index is 2.42. The van der Waals surface area contributed by atoms with Crippen molar-refractivity contribution in [2.75, 3.05) is 26.4 Å². The molecule has 0 aliphatic carbocycles. The SMILES string of the molecule is CC/C=C\C/C=C\C/C=C\C/C=C\CCCCC(=O)OC(COCCC/C=C\C/C=C\C/C=C\C/C=C\CC)COC1OC(CO)C(O)C(O)C1O. The maximum atomic E-state index is 12.7. The van der Waals surface area contributed by atoms with Crippen molar-refractivity contribution in [1.29, 1.82) is 0 Å². The van der Waals surface area contributed by atoms with Gasteiger partial charge in [0.25, 0.3) is 0 Å². The van der Waals surface area contributed by atoms with Crippen LogP contribution in [0.4, 0.5) is 0 Å². The predicted molar refractivity (Wildman–Crippen MR) is 210 cm³/mol. The molecule has 1 aliphatic heterocycles. The van der Waals surface area contributed by atoms with Gasteiger partial charge in [0.05, 0.1) is 19.8 Å². The first kappa shape index (κ1) is 47.1. The Morgan fingerprint density at radius 1 is 0.615 bits per heavy atom. The number of esters is 1. The van der Waals surface area contributed by atoms with Crippen molar-refractivity contribution in [2.45, 2.75) is 141 Å². The minimum atomic E-state index is -1.56. The van der Waals surface area contributed by atoms with Gasteiger partial charge in [-0.1, -0.05) is 111 Å². The molecule has 1 heterocycles. The van der Waals surface area contributed by atoms with Gasteiger partial charge in [-0.3, -0.25) is 4.79 Å². The average Bonchev–Trinajstić information content (AvgIpc) is 3.14. The Labute approximate surface area is 313 Å². The van der Waals surface area contributed by atoms with Gasteiger partial charge < -0.3 is 39.4 Å². The molecule has 4 N–H and O–H groups in total. The molecule has 9 heteroatoms. The van der Waals surface area contributed by atoms with E-state index in [9.17, 15) is 25.2 Å². The van der Waals surface area contributed by atoms with Crippen LogP contribution in [-0.4, -0.2) is 89.6 Å². The molecule has 0 aromatic carbocycles. The molecule has 0 aromatic heterocycles. The van der Waals surface area contributed by atoms with Gasteiger partial charge in [-0.2, -0.15) is 0 Å². The number of aliphatic hydroxyl groups is 4. The minimum absolute atomic E-state index is 0.0827. The smallest absolute Gasteiger partial charge is 0.306 e. The van der Waals surface area contributed by atoms with Gasteiger partial charge in [0.15, 0.2) is 6.29 Å². The fourth-order valence-corrected chi connectivity index (χ4v) is 5.01. The summed E-state index contributed by atoms with van der Waals surface area (Å²) < 4.78 is 22.6. The quantitative estimate of drug-likeness (QED) is 0.0334. The number of aliphatic hydroxyl groups excluding tert-OH is 4. The largest absolute Gasteiger partial charge is 0.457 e. The summed E-state index contributed by atoms with van der Waals surface area (Å²) in [4.78, 5) is 12.7. The van der Waals surface area contributed by atoms with Crippen LogP contribution >= 0.6 is 0 Å². The van der Waals surface area contributed by atoms with Crippen LogP contribution in [0.25, 0.3) is 0 Å². The number of unbranched alkanes of at least 4 members (excludes halogenated alkanes) is 3. The summed E-state index contributed by atoms with van der Waals surface area (Å²) >= 11 is 0. The third kappa shape index (κ3) is 25.1. The Kier molecular flexibility index (Phi) is 30.7. The lowest BCUT2D eigenvalue weighted by Crippen LogP contribution is -2.59. The summed E-state index contributed by atoms with van der Waals surface area (Å²) in [6.07, 6.45) is 38.8. The Morgan fingerprint density at radius 2 is 1.10 bits per heavy atom. The fourth-order valence-electron chi connectivity index (χ4n) is 5.01. The predicted octanol–water partition coefficient (Wildman–Crippen LogP) is 7.68. The molecule has 1 saturated heterocycles. The van der Waals surface area contributed by atoms with Gasteiger partial charge in [-0.15, -0.1) is 0 Å². The van der Waals surface area contributed by atoms with Gasteiger partial charge in [0.1, 0.15) is 30.5 Å². The summed E-state index contributed by atoms with van der Waals surface area (Å²) in [6.45, 7) is 4.08. The van der Waals surface area contributed by atoms with Crippen LogP contribution in [0.2, 0.25) is 0 Å². The van der Waals surface area contributed by atoms with Gasteiger partial charge in [-0.25, -0.2) is 0 Å². The van der Waals surface area contributed by atoms with E-state index >= 15 is 0 Å². The first-order valence-corrected chi connectivity index (χ1v) is 19.3. The monoisotopic (exact) mass is 728 g/mol. The van der Waals surface area contributed by atoms with Crippen molar-refractivity contribution in [3.05, 3.63) is 97.2 Å². The number of rotatable bonds is 30. The molecule has 6 atom stereocenters. The molecule has 6 unspecified atom stereocenters. The van der Waals surface area contributed by atoms with E-state index in [0.717, 1.165) is 77.0 Å². The zero-order valence-electron chi connectivity index (χ0n) is 31.8. The number of hydrogen-bond acceptors (Lipinski definition) is 9. The molecular weight excluding hydrogens is 660 g/mol. The zero-order chi connectivity index (χ0) is 37.9. The highest BCUT2D eigenvalue weighted by Gasteiger charge is 2.44. The van der Waals surface area contributed by atoms with Crippen LogP contribution in [0, 0.1) is 0 Å². The lowest BCUT2D eigenvalue weighted by atomic mass is 9.99. The molecule has 0 radical (unpaired) electrons. The first-order chi connectivity index (χ1) is 25.4. The Hall–Kier alpha value is -2.89. The standard InChI is InChI=1S/C43H68O9/c1-3-5-7-9-11-13-15-17-19-20-22-24-26-28-30-32-39(45)51-37(36-50-43-42(48)41(47)40(46)38(34-44)52-43)35-49-33-31-29-27-25-23-21-18-16-14-12-10-8-6-4-2/h5-8,11-14,17-19,21-22,24-25,27,37-38,40-44,46-48H,3-4,9-10,15-16,20,23,26,28-36H2,1-2H3/b7-5-,8-6-,13-11-,14-12-,19-17-,21-18-,24-22-,27-25-. The second-order valence-corrected chi connectivity index (χ2v) is 12.6. The number of hydrogen-bond donors (Lipinski definition) is 4. The summed E-state index contributed by atoms with van der Waals surface area (Å²) in [5.41, 5.74) is 0. The highest BCUT2D eigenvalue weighted by atomic mass is 16.7. The van der Waals surface area contributed by atoms with Crippen molar-refractivity contribution in [3.8, 4) is 0 Å². The lowest BCUT2D eigenvalue weighted by molar-refractivity contribution is -0.305. The van der Waals surface area contributed by atoms with E-state index in [4.69, 9.17) is 18.9 Å². The molecule has 0 aromatic rings. The maximum Gasteiger partial charge on any atom is 0.306 e.